The number of rotatable bonds is 6. The average Bonchev–Trinajstić information content (AvgIpc) is 3.10. The Morgan fingerprint density at radius 2 is 1.83 bits per heavy atom. The highest BCUT2D eigenvalue weighted by Gasteiger charge is 2.29. The third-order valence-electron chi connectivity index (χ3n) is 4.08. The van der Waals surface area contributed by atoms with Gasteiger partial charge >= 0.3 is 0 Å². The second-order valence-electron chi connectivity index (χ2n) is 6.32. The molecular formula is C18H17Cl2N5O3S2. The van der Waals surface area contributed by atoms with Crippen molar-refractivity contribution in [3.05, 3.63) is 67.6 Å². The van der Waals surface area contributed by atoms with Gasteiger partial charge in [0.1, 0.15) is 5.69 Å². The number of sulfone groups is 1. The van der Waals surface area contributed by atoms with Crippen LogP contribution in [0.3, 0.4) is 0 Å². The van der Waals surface area contributed by atoms with Crippen molar-refractivity contribution in [2.45, 2.75) is 30.7 Å². The molecule has 1 aromatic carbocycles. The van der Waals surface area contributed by atoms with Crippen LogP contribution in [-0.4, -0.2) is 29.3 Å². The molecule has 30 heavy (non-hydrogen) atoms. The van der Waals surface area contributed by atoms with Gasteiger partial charge < -0.3 is 11.1 Å². The lowest BCUT2D eigenvalue weighted by molar-refractivity contribution is 0.0945. The van der Waals surface area contributed by atoms with Gasteiger partial charge in [-0.2, -0.15) is 0 Å². The fraction of sp³-hybridized carbons (Fsp3) is 0.222. The van der Waals surface area contributed by atoms with Gasteiger partial charge in [-0.15, -0.1) is 11.3 Å². The minimum absolute atomic E-state index is 0.0285. The Labute approximate surface area is 187 Å². The molecule has 8 nitrogen and oxygen atoms in total. The van der Waals surface area contributed by atoms with Crippen LogP contribution in [-0.2, 0) is 16.4 Å². The van der Waals surface area contributed by atoms with E-state index in [0.717, 1.165) is 9.88 Å². The molecule has 0 aliphatic carbocycles. The third kappa shape index (κ3) is 4.96. The molecule has 158 valence electrons. The van der Waals surface area contributed by atoms with Crippen molar-refractivity contribution in [3.63, 3.8) is 0 Å². The maximum Gasteiger partial charge on any atom is 0.271 e. The van der Waals surface area contributed by atoms with E-state index in [9.17, 15) is 13.2 Å². The number of carbonyl (C=O) groups excluding carboxylic acids is 1. The zero-order valence-electron chi connectivity index (χ0n) is 15.9. The van der Waals surface area contributed by atoms with Crippen molar-refractivity contribution < 1.29 is 13.2 Å². The lowest BCUT2D eigenvalue weighted by Gasteiger charge is -2.15. The topological polar surface area (TPSA) is 128 Å². The molecule has 0 radical (unpaired) electrons. The number of amides is 1. The highest BCUT2D eigenvalue weighted by atomic mass is 35.5. The van der Waals surface area contributed by atoms with E-state index in [0.29, 0.717) is 6.54 Å². The van der Waals surface area contributed by atoms with Crippen LogP contribution in [0.2, 0.25) is 10.0 Å². The summed E-state index contributed by atoms with van der Waals surface area (Å²) in [5.41, 5.74) is 6.29. The summed E-state index contributed by atoms with van der Waals surface area (Å²) < 4.78 is 25.8. The minimum atomic E-state index is -4.04. The summed E-state index contributed by atoms with van der Waals surface area (Å²) >= 11 is 13.3. The Hall–Kier alpha value is -2.11. The summed E-state index contributed by atoms with van der Waals surface area (Å²) in [7, 11) is -4.04. The first kappa shape index (κ1) is 22.6. The van der Waals surface area contributed by atoms with Crippen LogP contribution in [0.5, 0.6) is 0 Å². The van der Waals surface area contributed by atoms with Crippen molar-refractivity contribution in [2.24, 2.45) is 5.73 Å². The average molecular weight is 486 g/mol. The smallest absolute Gasteiger partial charge is 0.271 e. The first-order valence-corrected chi connectivity index (χ1v) is 11.7. The predicted octanol–water partition coefficient (Wildman–Crippen LogP) is 3.22. The van der Waals surface area contributed by atoms with Crippen molar-refractivity contribution in [1.29, 1.82) is 0 Å². The Bertz CT molecular complexity index is 1190. The van der Waals surface area contributed by atoms with E-state index < -0.39 is 21.1 Å². The van der Waals surface area contributed by atoms with Crippen LogP contribution in [0.4, 0.5) is 0 Å². The third-order valence-corrected chi connectivity index (χ3v) is 7.21. The zero-order chi connectivity index (χ0) is 22.1. The quantitative estimate of drug-likeness (QED) is 0.548. The number of nitrogens with one attached hydrogen (secondary N) is 1. The minimum Gasteiger partial charge on any atom is -0.346 e. The van der Waals surface area contributed by atoms with Gasteiger partial charge in [0.2, 0.25) is 0 Å². The van der Waals surface area contributed by atoms with E-state index in [2.05, 4.69) is 20.3 Å². The number of halogens is 2. The predicted molar refractivity (Wildman–Crippen MR) is 115 cm³/mol. The van der Waals surface area contributed by atoms with Crippen molar-refractivity contribution >= 4 is 50.3 Å². The number of hydrogen-bond acceptors (Lipinski definition) is 8. The molecule has 12 heteroatoms. The molecule has 3 N–H and O–H groups in total. The summed E-state index contributed by atoms with van der Waals surface area (Å²) in [5.74, 6) is -0.443. The number of carbonyl (C=O) groups is 1. The van der Waals surface area contributed by atoms with Gasteiger partial charge in [0, 0.05) is 21.1 Å². The van der Waals surface area contributed by atoms with Crippen LogP contribution in [0.15, 0.2) is 35.5 Å². The summed E-state index contributed by atoms with van der Waals surface area (Å²) in [6.07, 6.45) is 2.88. The lowest BCUT2D eigenvalue weighted by atomic mass is 10.3. The van der Waals surface area contributed by atoms with E-state index in [1.165, 1.54) is 42.7 Å². The highest BCUT2D eigenvalue weighted by Crippen LogP contribution is 2.29. The number of nitrogens with zero attached hydrogens (tertiary/aromatic N) is 3. The van der Waals surface area contributed by atoms with Gasteiger partial charge in [0.15, 0.2) is 15.2 Å². The second-order valence-corrected chi connectivity index (χ2v) is 10.6. The maximum absolute atomic E-state index is 12.9. The first-order valence-electron chi connectivity index (χ1n) is 8.56. The molecule has 1 unspecified atom stereocenters. The summed E-state index contributed by atoms with van der Waals surface area (Å²) in [6.45, 7) is 3.71. The summed E-state index contributed by atoms with van der Waals surface area (Å²) in [6, 6.07) is 3.93. The van der Waals surface area contributed by atoms with Gasteiger partial charge in [0.05, 0.1) is 34.0 Å². The molecule has 3 rings (SSSR count). The molecule has 0 saturated heterocycles. The number of benzene rings is 1. The van der Waals surface area contributed by atoms with Crippen molar-refractivity contribution in [3.8, 4) is 0 Å². The molecule has 0 aliphatic heterocycles. The molecule has 1 atom stereocenters. The van der Waals surface area contributed by atoms with E-state index in [1.54, 1.807) is 6.20 Å². The Morgan fingerprint density at radius 1 is 1.17 bits per heavy atom. The Kier molecular flexibility index (Phi) is 6.73. The maximum atomic E-state index is 12.9. The molecular weight excluding hydrogens is 469 g/mol. The van der Waals surface area contributed by atoms with Crippen LogP contribution < -0.4 is 11.1 Å². The SMILES string of the molecule is Cc1ncc(CNC(=O)c2cnc(C(N)S(=O)(=O)c3cc(Cl)cc(Cl)c3)c(C)n2)s1. The molecule has 0 spiro atoms. The fourth-order valence-electron chi connectivity index (χ4n) is 2.61. The van der Waals surface area contributed by atoms with Crippen molar-refractivity contribution in [1.82, 2.24) is 20.3 Å². The van der Waals surface area contributed by atoms with Crippen molar-refractivity contribution in [2.75, 3.05) is 0 Å². The first-order chi connectivity index (χ1) is 14.1. The van der Waals surface area contributed by atoms with Crippen LogP contribution in [0.25, 0.3) is 0 Å². The Morgan fingerprint density at radius 3 is 2.40 bits per heavy atom. The molecule has 2 heterocycles. The van der Waals surface area contributed by atoms with Gasteiger partial charge in [-0.25, -0.2) is 18.4 Å². The molecule has 3 aromatic rings. The molecule has 0 aliphatic rings. The van der Waals surface area contributed by atoms with Crippen LogP contribution >= 0.6 is 34.5 Å². The second kappa shape index (κ2) is 8.94. The fourth-order valence-corrected chi connectivity index (χ4v) is 5.40. The standard InChI is InChI=1S/C18H17Cl2N5O3S2/c1-9-16(17(21)30(27,28)14-4-11(19)3-12(20)5-14)23-8-15(25-9)18(26)24-7-13-6-22-10(2)29-13/h3-6,8,17H,7,21H2,1-2H3,(H,24,26). The highest BCUT2D eigenvalue weighted by molar-refractivity contribution is 7.91. The summed E-state index contributed by atoms with van der Waals surface area (Å²) in [4.78, 5) is 25.5. The Balaban J connectivity index is 1.80. The van der Waals surface area contributed by atoms with Crippen LogP contribution in [0, 0.1) is 13.8 Å². The number of hydrogen-bond donors (Lipinski definition) is 2. The van der Waals surface area contributed by atoms with Gasteiger partial charge in [-0.3, -0.25) is 9.78 Å². The number of aromatic nitrogens is 3. The lowest BCUT2D eigenvalue weighted by Crippen LogP contribution is -2.27. The van der Waals surface area contributed by atoms with E-state index in [4.69, 9.17) is 28.9 Å². The zero-order valence-corrected chi connectivity index (χ0v) is 19.0. The van der Waals surface area contributed by atoms with Gasteiger partial charge in [-0.05, 0) is 32.0 Å². The summed E-state index contributed by atoms with van der Waals surface area (Å²) in [5, 5.41) is 2.45. The molecule has 1 amide bonds. The van der Waals surface area contributed by atoms with Crippen LogP contribution in [0.1, 0.15) is 37.1 Å². The largest absolute Gasteiger partial charge is 0.346 e. The van der Waals surface area contributed by atoms with Gasteiger partial charge in [0.25, 0.3) is 5.91 Å². The molecule has 0 saturated carbocycles. The molecule has 0 fully saturated rings. The van der Waals surface area contributed by atoms with Gasteiger partial charge in [-0.1, -0.05) is 23.2 Å². The van der Waals surface area contributed by atoms with E-state index in [1.807, 2.05) is 6.92 Å². The number of nitrogens with two attached hydrogens (primary N) is 1. The van der Waals surface area contributed by atoms with E-state index >= 15 is 0 Å². The normalized spacial score (nSPS) is 12.6. The number of aryl methyl sites for hydroxylation is 2. The molecule has 2 aromatic heterocycles. The number of thiazole rings is 1. The monoisotopic (exact) mass is 485 g/mol. The molecule has 0 bridgehead atoms. The van der Waals surface area contributed by atoms with E-state index in [-0.39, 0.29) is 32.0 Å².